The van der Waals surface area contributed by atoms with Crippen LogP contribution in [0.1, 0.15) is 11.6 Å². The number of hydrogen-bond donors (Lipinski definition) is 1. The number of hydrogen-bond acceptors (Lipinski definition) is 4. The van der Waals surface area contributed by atoms with Crippen molar-refractivity contribution in [3.63, 3.8) is 0 Å². The molecule has 13 heavy (non-hydrogen) atoms. The van der Waals surface area contributed by atoms with Gasteiger partial charge >= 0.3 is 5.97 Å². The predicted octanol–water partition coefficient (Wildman–Crippen LogP) is 0.676. The number of esters is 1. The Morgan fingerprint density at radius 3 is 2.54 bits per heavy atom. The molecule has 0 aliphatic heterocycles. The third kappa shape index (κ3) is 3.01. The van der Waals surface area contributed by atoms with Crippen molar-refractivity contribution in [3.8, 4) is 0 Å². The first-order chi connectivity index (χ1) is 5.75. The van der Waals surface area contributed by atoms with Crippen LogP contribution in [0.3, 0.4) is 0 Å². The lowest BCUT2D eigenvalue weighted by Gasteiger charge is -2.07. The van der Waals surface area contributed by atoms with E-state index in [1.807, 2.05) is 0 Å². The van der Waals surface area contributed by atoms with E-state index in [9.17, 15) is 4.79 Å². The van der Waals surface area contributed by atoms with Crippen molar-refractivity contribution < 1.29 is 9.53 Å². The predicted molar refractivity (Wildman–Crippen MR) is 50.4 cm³/mol. The van der Waals surface area contributed by atoms with Gasteiger partial charge in [-0.05, 0) is 17.7 Å². The Bertz CT molecular complexity index is 266. The van der Waals surface area contributed by atoms with E-state index in [-0.39, 0.29) is 12.4 Å². The highest BCUT2D eigenvalue weighted by molar-refractivity contribution is 5.85. The molecule has 1 rings (SSSR count). The smallest absolute Gasteiger partial charge is 0.327 e. The molecule has 0 unspecified atom stereocenters. The lowest BCUT2D eigenvalue weighted by molar-refractivity contribution is -0.142. The van der Waals surface area contributed by atoms with Crippen LogP contribution in [-0.4, -0.2) is 18.1 Å². The average Bonchev–Trinajstić information content (AvgIpc) is 2.17. The maximum Gasteiger partial charge on any atom is 0.327 e. The fourth-order valence-corrected chi connectivity index (χ4v) is 0.834. The molecule has 0 radical (unpaired) electrons. The fourth-order valence-electron chi connectivity index (χ4n) is 0.834. The first kappa shape index (κ1) is 11.9. The fraction of sp³-hybridized carbons (Fsp3) is 0.250. The Kier molecular flexibility index (Phi) is 5.03. The molecule has 72 valence electrons. The topological polar surface area (TPSA) is 65.2 Å². The average molecular weight is 203 g/mol. The number of nitrogens with two attached hydrogens (primary N) is 1. The molecule has 1 atom stereocenters. The molecule has 0 aliphatic carbocycles. The summed E-state index contributed by atoms with van der Waals surface area (Å²) in [7, 11) is 1.31. The van der Waals surface area contributed by atoms with Gasteiger partial charge < -0.3 is 10.5 Å². The van der Waals surface area contributed by atoms with Crippen molar-refractivity contribution in [1.29, 1.82) is 0 Å². The van der Waals surface area contributed by atoms with Crippen LogP contribution in [0.5, 0.6) is 0 Å². The highest BCUT2D eigenvalue weighted by atomic mass is 35.5. The third-order valence-corrected chi connectivity index (χ3v) is 1.52. The summed E-state index contributed by atoms with van der Waals surface area (Å²) in [5.41, 5.74) is 6.25. The molecule has 4 nitrogen and oxygen atoms in total. The Labute approximate surface area is 82.5 Å². The molecule has 1 aromatic heterocycles. The van der Waals surface area contributed by atoms with Gasteiger partial charge in [0.15, 0.2) is 0 Å². The van der Waals surface area contributed by atoms with Crippen molar-refractivity contribution in [3.05, 3.63) is 30.1 Å². The van der Waals surface area contributed by atoms with E-state index >= 15 is 0 Å². The SMILES string of the molecule is COC(=O)[C@@H](N)c1ccncc1.Cl. The van der Waals surface area contributed by atoms with Gasteiger partial charge in [0.25, 0.3) is 0 Å². The van der Waals surface area contributed by atoms with E-state index in [1.165, 1.54) is 7.11 Å². The monoisotopic (exact) mass is 202 g/mol. The van der Waals surface area contributed by atoms with Gasteiger partial charge in [0.1, 0.15) is 6.04 Å². The largest absolute Gasteiger partial charge is 0.468 e. The number of carbonyl (C=O) groups is 1. The van der Waals surface area contributed by atoms with E-state index in [2.05, 4.69) is 9.72 Å². The maximum absolute atomic E-state index is 10.9. The zero-order valence-corrected chi connectivity index (χ0v) is 7.95. The lowest BCUT2D eigenvalue weighted by atomic mass is 10.1. The van der Waals surface area contributed by atoms with Crippen LogP contribution in [0.25, 0.3) is 0 Å². The number of aromatic nitrogens is 1. The van der Waals surface area contributed by atoms with Gasteiger partial charge in [-0.1, -0.05) is 0 Å². The van der Waals surface area contributed by atoms with Gasteiger partial charge in [-0.15, -0.1) is 12.4 Å². The Morgan fingerprint density at radius 1 is 1.54 bits per heavy atom. The van der Waals surface area contributed by atoms with Crippen LogP contribution < -0.4 is 5.73 Å². The summed E-state index contributed by atoms with van der Waals surface area (Å²) in [6.45, 7) is 0. The molecule has 2 N–H and O–H groups in total. The molecule has 0 saturated heterocycles. The van der Waals surface area contributed by atoms with Gasteiger partial charge in [0, 0.05) is 12.4 Å². The van der Waals surface area contributed by atoms with E-state index in [0.29, 0.717) is 5.56 Å². The molecule has 0 aliphatic rings. The minimum absolute atomic E-state index is 0. The normalized spacial score (nSPS) is 11.2. The van der Waals surface area contributed by atoms with E-state index < -0.39 is 12.0 Å². The summed E-state index contributed by atoms with van der Waals surface area (Å²) < 4.78 is 4.48. The lowest BCUT2D eigenvalue weighted by Crippen LogP contribution is -2.22. The highest BCUT2D eigenvalue weighted by Gasteiger charge is 2.14. The van der Waals surface area contributed by atoms with Gasteiger partial charge in [-0.3, -0.25) is 9.78 Å². The summed E-state index contributed by atoms with van der Waals surface area (Å²) in [5.74, 6) is -0.443. The van der Waals surface area contributed by atoms with E-state index in [0.717, 1.165) is 0 Å². The van der Waals surface area contributed by atoms with Crippen molar-refractivity contribution in [2.45, 2.75) is 6.04 Å². The van der Waals surface area contributed by atoms with E-state index in [4.69, 9.17) is 5.73 Å². The van der Waals surface area contributed by atoms with Crippen LogP contribution in [0.4, 0.5) is 0 Å². The summed E-state index contributed by atoms with van der Waals surface area (Å²) in [4.78, 5) is 14.7. The van der Waals surface area contributed by atoms with Crippen LogP contribution >= 0.6 is 12.4 Å². The van der Waals surface area contributed by atoms with Crippen molar-refractivity contribution in [1.82, 2.24) is 4.98 Å². The highest BCUT2D eigenvalue weighted by Crippen LogP contribution is 2.08. The number of methoxy groups -OCH3 is 1. The van der Waals surface area contributed by atoms with Crippen LogP contribution in [0.15, 0.2) is 24.5 Å². The molecule has 1 heterocycles. The van der Waals surface area contributed by atoms with Crippen molar-refractivity contribution in [2.75, 3.05) is 7.11 Å². The van der Waals surface area contributed by atoms with Crippen LogP contribution in [0.2, 0.25) is 0 Å². The van der Waals surface area contributed by atoms with Gasteiger partial charge in [0.05, 0.1) is 7.11 Å². The number of carbonyl (C=O) groups excluding carboxylic acids is 1. The van der Waals surface area contributed by atoms with Crippen molar-refractivity contribution >= 4 is 18.4 Å². The van der Waals surface area contributed by atoms with Crippen LogP contribution in [-0.2, 0) is 9.53 Å². The number of nitrogens with zero attached hydrogens (tertiary/aromatic N) is 1. The summed E-state index contributed by atoms with van der Waals surface area (Å²) in [5, 5.41) is 0. The molecule has 0 spiro atoms. The molecule has 0 fully saturated rings. The minimum Gasteiger partial charge on any atom is -0.468 e. The first-order valence-corrected chi connectivity index (χ1v) is 3.49. The second kappa shape index (κ2) is 5.50. The molecular weight excluding hydrogens is 192 g/mol. The molecule has 0 saturated carbocycles. The Hall–Kier alpha value is -1.13. The standard InChI is InChI=1S/C8H10N2O2.ClH/c1-12-8(11)7(9)6-2-4-10-5-3-6;/h2-5,7H,9H2,1H3;1H/t7-;/m0./s1. The van der Waals surface area contributed by atoms with Crippen molar-refractivity contribution in [2.24, 2.45) is 5.73 Å². The second-order valence-electron chi connectivity index (χ2n) is 2.28. The molecule has 5 heteroatoms. The summed E-state index contributed by atoms with van der Waals surface area (Å²) >= 11 is 0. The number of halogens is 1. The molecule has 0 bridgehead atoms. The Balaban J connectivity index is 0.00000144. The maximum atomic E-state index is 10.9. The molecule has 0 amide bonds. The van der Waals surface area contributed by atoms with Gasteiger partial charge in [0.2, 0.25) is 0 Å². The number of ether oxygens (including phenoxy) is 1. The minimum atomic E-state index is -0.710. The third-order valence-electron chi connectivity index (χ3n) is 1.52. The summed E-state index contributed by atoms with van der Waals surface area (Å²) in [6.07, 6.45) is 3.16. The molecule has 1 aromatic rings. The second-order valence-corrected chi connectivity index (χ2v) is 2.28. The zero-order valence-electron chi connectivity index (χ0n) is 7.14. The van der Waals surface area contributed by atoms with Crippen LogP contribution in [0, 0.1) is 0 Å². The number of rotatable bonds is 2. The van der Waals surface area contributed by atoms with E-state index in [1.54, 1.807) is 24.5 Å². The quantitative estimate of drug-likeness (QED) is 0.717. The molecule has 0 aromatic carbocycles. The summed E-state index contributed by atoms with van der Waals surface area (Å²) in [6, 6.07) is 2.65. The number of pyridine rings is 1. The first-order valence-electron chi connectivity index (χ1n) is 3.49. The zero-order chi connectivity index (χ0) is 8.97. The van der Waals surface area contributed by atoms with Gasteiger partial charge in [-0.2, -0.15) is 0 Å². The Morgan fingerprint density at radius 2 is 2.08 bits per heavy atom. The van der Waals surface area contributed by atoms with Gasteiger partial charge in [-0.25, -0.2) is 0 Å². The molecular formula is C8H11ClN2O2.